The summed E-state index contributed by atoms with van der Waals surface area (Å²) in [5, 5.41) is 13.2. The Kier molecular flexibility index (Phi) is 4.42. The highest BCUT2D eigenvalue weighted by molar-refractivity contribution is 5.34. The van der Waals surface area contributed by atoms with Crippen LogP contribution >= 0.6 is 0 Å². The molecule has 106 valence electrons. The zero-order valence-electron chi connectivity index (χ0n) is 11.6. The normalized spacial score (nSPS) is 20.2. The minimum atomic E-state index is -0.412. The molecule has 0 bridgehead atoms. The molecule has 19 heavy (non-hydrogen) atoms. The van der Waals surface area contributed by atoms with Gasteiger partial charge in [-0.25, -0.2) is 4.39 Å². The SMILES string of the molecule is CC(NCC1(C)CCOCC1)c1ccc(F)cc1O. The van der Waals surface area contributed by atoms with E-state index in [1.807, 2.05) is 6.92 Å². The number of halogens is 1. The van der Waals surface area contributed by atoms with Crippen molar-refractivity contribution in [3.63, 3.8) is 0 Å². The van der Waals surface area contributed by atoms with E-state index in [4.69, 9.17) is 4.74 Å². The Morgan fingerprint density at radius 2 is 2.11 bits per heavy atom. The average molecular weight is 267 g/mol. The van der Waals surface area contributed by atoms with Gasteiger partial charge in [-0.15, -0.1) is 0 Å². The third-order valence-corrected chi connectivity index (χ3v) is 3.99. The summed E-state index contributed by atoms with van der Waals surface area (Å²) in [7, 11) is 0. The van der Waals surface area contributed by atoms with Crippen LogP contribution in [0.25, 0.3) is 0 Å². The Morgan fingerprint density at radius 3 is 2.74 bits per heavy atom. The maximum atomic E-state index is 13.0. The quantitative estimate of drug-likeness (QED) is 0.881. The molecule has 1 heterocycles. The Balaban J connectivity index is 1.95. The van der Waals surface area contributed by atoms with Crippen LogP contribution in [0.3, 0.4) is 0 Å². The molecular formula is C15H22FNO2. The molecule has 2 N–H and O–H groups in total. The largest absolute Gasteiger partial charge is 0.508 e. The van der Waals surface area contributed by atoms with Crippen molar-refractivity contribution >= 4 is 0 Å². The van der Waals surface area contributed by atoms with Gasteiger partial charge in [0.25, 0.3) is 0 Å². The van der Waals surface area contributed by atoms with Crippen LogP contribution in [0, 0.1) is 11.2 Å². The summed E-state index contributed by atoms with van der Waals surface area (Å²) in [6, 6.07) is 4.17. The second kappa shape index (κ2) is 5.88. The number of benzene rings is 1. The monoisotopic (exact) mass is 267 g/mol. The van der Waals surface area contributed by atoms with E-state index in [9.17, 15) is 9.50 Å². The topological polar surface area (TPSA) is 41.5 Å². The fraction of sp³-hybridized carbons (Fsp3) is 0.600. The third-order valence-electron chi connectivity index (χ3n) is 3.99. The van der Waals surface area contributed by atoms with Crippen LogP contribution in [0.15, 0.2) is 18.2 Å². The van der Waals surface area contributed by atoms with Gasteiger partial charge in [0.15, 0.2) is 0 Å². The van der Waals surface area contributed by atoms with Crippen molar-refractivity contribution in [3.05, 3.63) is 29.6 Å². The van der Waals surface area contributed by atoms with Gasteiger partial charge in [0, 0.05) is 37.4 Å². The van der Waals surface area contributed by atoms with E-state index in [0.29, 0.717) is 0 Å². The molecule has 3 nitrogen and oxygen atoms in total. The van der Waals surface area contributed by atoms with Crippen molar-refractivity contribution in [2.45, 2.75) is 32.7 Å². The number of aromatic hydroxyl groups is 1. The third kappa shape index (κ3) is 3.67. The lowest BCUT2D eigenvalue weighted by Gasteiger charge is -2.34. The Morgan fingerprint density at radius 1 is 1.42 bits per heavy atom. The van der Waals surface area contributed by atoms with Crippen molar-refractivity contribution in [2.24, 2.45) is 5.41 Å². The van der Waals surface area contributed by atoms with Gasteiger partial charge >= 0.3 is 0 Å². The molecule has 1 fully saturated rings. The van der Waals surface area contributed by atoms with E-state index in [2.05, 4.69) is 12.2 Å². The van der Waals surface area contributed by atoms with Crippen LogP contribution < -0.4 is 5.32 Å². The summed E-state index contributed by atoms with van der Waals surface area (Å²) in [5.74, 6) is -0.401. The molecule has 0 aromatic heterocycles. The van der Waals surface area contributed by atoms with E-state index in [0.717, 1.165) is 44.2 Å². The predicted molar refractivity (Wildman–Crippen MR) is 72.6 cm³/mol. The van der Waals surface area contributed by atoms with Gasteiger partial charge in [0.1, 0.15) is 11.6 Å². The summed E-state index contributed by atoms with van der Waals surface area (Å²) in [6.07, 6.45) is 2.09. The number of ether oxygens (including phenoxy) is 1. The Labute approximate surface area is 113 Å². The minimum Gasteiger partial charge on any atom is -0.508 e. The first kappa shape index (κ1) is 14.3. The molecule has 1 atom stereocenters. The second-order valence-corrected chi connectivity index (χ2v) is 5.73. The van der Waals surface area contributed by atoms with Gasteiger partial charge in [-0.2, -0.15) is 0 Å². The predicted octanol–water partition coefficient (Wildman–Crippen LogP) is 3.00. The molecule has 1 aliphatic rings. The van der Waals surface area contributed by atoms with E-state index in [1.54, 1.807) is 6.07 Å². The summed E-state index contributed by atoms with van der Waals surface area (Å²) < 4.78 is 18.3. The van der Waals surface area contributed by atoms with Crippen LogP contribution in [-0.2, 0) is 4.74 Å². The number of phenols is 1. The highest BCUT2D eigenvalue weighted by Crippen LogP contribution is 2.31. The first-order valence-electron chi connectivity index (χ1n) is 6.80. The molecule has 0 radical (unpaired) electrons. The molecule has 0 amide bonds. The van der Waals surface area contributed by atoms with E-state index < -0.39 is 5.82 Å². The molecule has 4 heteroatoms. The second-order valence-electron chi connectivity index (χ2n) is 5.73. The number of rotatable bonds is 4. The zero-order valence-corrected chi connectivity index (χ0v) is 11.6. The molecule has 1 saturated heterocycles. The summed E-state index contributed by atoms with van der Waals surface area (Å²) in [6.45, 7) is 6.73. The highest BCUT2D eigenvalue weighted by atomic mass is 19.1. The lowest BCUT2D eigenvalue weighted by atomic mass is 9.82. The molecular weight excluding hydrogens is 245 g/mol. The number of phenolic OH excluding ortho intramolecular Hbond substituents is 1. The number of nitrogens with one attached hydrogen (secondary N) is 1. The van der Waals surface area contributed by atoms with Crippen molar-refractivity contribution < 1.29 is 14.2 Å². The zero-order chi connectivity index (χ0) is 13.9. The van der Waals surface area contributed by atoms with Crippen molar-refractivity contribution in [1.82, 2.24) is 5.32 Å². The van der Waals surface area contributed by atoms with Crippen LogP contribution in [0.5, 0.6) is 5.75 Å². The van der Waals surface area contributed by atoms with Crippen LogP contribution in [0.1, 0.15) is 38.3 Å². The Hall–Kier alpha value is -1.13. The van der Waals surface area contributed by atoms with Gasteiger partial charge in [-0.1, -0.05) is 13.0 Å². The Bertz CT molecular complexity index is 430. The fourth-order valence-corrected chi connectivity index (χ4v) is 2.43. The first-order valence-corrected chi connectivity index (χ1v) is 6.80. The molecule has 2 rings (SSSR count). The highest BCUT2D eigenvalue weighted by Gasteiger charge is 2.27. The maximum absolute atomic E-state index is 13.0. The van der Waals surface area contributed by atoms with Gasteiger partial charge in [-0.3, -0.25) is 0 Å². The van der Waals surface area contributed by atoms with Gasteiger partial charge in [-0.05, 0) is 31.2 Å². The average Bonchev–Trinajstić information content (AvgIpc) is 2.37. The molecule has 0 spiro atoms. The number of hydrogen-bond donors (Lipinski definition) is 2. The molecule has 1 aromatic carbocycles. The van der Waals surface area contributed by atoms with Gasteiger partial charge in [0.05, 0.1) is 0 Å². The molecule has 1 unspecified atom stereocenters. The van der Waals surface area contributed by atoms with Crippen LogP contribution in [0.2, 0.25) is 0 Å². The van der Waals surface area contributed by atoms with E-state index in [1.165, 1.54) is 6.07 Å². The van der Waals surface area contributed by atoms with Crippen LogP contribution in [0.4, 0.5) is 4.39 Å². The van der Waals surface area contributed by atoms with E-state index >= 15 is 0 Å². The van der Waals surface area contributed by atoms with Crippen molar-refractivity contribution in [1.29, 1.82) is 0 Å². The standard InChI is InChI=1S/C15H22FNO2/c1-11(13-4-3-12(16)9-14(13)18)17-10-15(2)5-7-19-8-6-15/h3-4,9,11,17-18H,5-8,10H2,1-2H3. The fourth-order valence-electron chi connectivity index (χ4n) is 2.43. The number of hydrogen-bond acceptors (Lipinski definition) is 3. The molecule has 0 saturated carbocycles. The van der Waals surface area contributed by atoms with Gasteiger partial charge in [0.2, 0.25) is 0 Å². The first-order chi connectivity index (χ1) is 9.00. The van der Waals surface area contributed by atoms with Crippen molar-refractivity contribution in [3.8, 4) is 5.75 Å². The van der Waals surface area contributed by atoms with E-state index in [-0.39, 0.29) is 17.2 Å². The summed E-state index contributed by atoms with van der Waals surface area (Å²) in [4.78, 5) is 0. The van der Waals surface area contributed by atoms with Crippen molar-refractivity contribution in [2.75, 3.05) is 19.8 Å². The lowest BCUT2D eigenvalue weighted by molar-refractivity contribution is 0.0230. The minimum absolute atomic E-state index is 0.000250. The van der Waals surface area contributed by atoms with Gasteiger partial charge < -0.3 is 15.2 Å². The molecule has 0 aliphatic carbocycles. The lowest BCUT2D eigenvalue weighted by Crippen LogP contribution is -2.37. The molecule has 1 aromatic rings. The summed E-state index contributed by atoms with van der Waals surface area (Å²) >= 11 is 0. The maximum Gasteiger partial charge on any atom is 0.126 e. The van der Waals surface area contributed by atoms with Crippen LogP contribution in [-0.4, -0.2) is 24.9 Å². The summed E-state index contributed by atoms with van der Waals surface area (Å²) in [5.41, 5.74) is 0.972. The smallest absolute Gasteiger partial charge is 0.126 e. The molecule has 1 aliphatic heterocycles.